The largest absolute Gasteiger partial charge is 0.369 e. The van der Waals surface area contributed by atoms with Crippen LogP contribution in [0.3, 0.4) is 0 Å². The van der Waals surface area contributed by atoms with Gasteiger partial charge in [0.2, 0.25) is 5.91 Å². The van der Waals surface area contributed by atoms with E-state index in [1.165, 1.54) is 0 Å². The van der Waals surface area contributed by atoms with Gasteiger partial charge in [0.05, 0.1) is 17.6 Å². The van der Waals surface area contributed by atoms with Crippen molar-refractivity contribution in [2.45, 2.75) is 6.42 Å². The number of fused-ring (bicyclic) bond motifs is 1. The number of pyridine rings is 1. The molecule has 1 aromatic heterocycles. The Kier molecular flexibility index (Phi) is 2.68. The average molecular weight is 265 g/mol. The van der Waals surface area contributed by atoms with Crippen molar-refractivity contribution in [3.05, 3.63) is 40.5 Å². The maximum Gasteiger partial charge on any atom is 0.223 e. The van der Waals surface area contributed by atoms with Crippen LogP contribution in [0.5, 0.6) is 0 Å². The number of hydrogen-bond donors (Lipinski definition) is 1. The van der Waals surface area contributed by atoms with Crippen molar-refractivity contribution in [2.24, 2.45) is 5.73 Å². The van der Waals surface area contributed by atoms with E-state index < -0.39 is 0 Å². The van der Waals surface area contributed by atoms with Gasteiger partial charge in [0, 0.05) is 9.86 Å². The molecule has 0 aliphatic heterocycles. The Labute approximate surface area is 95.4 Å². The molecule has 0 spiro atoms. The summed E-state index contributed by atoms with van der Waals surface area (Å²) in [7, 11) is 0. The highest BCUT2D eigenvalue weighted by atomic mass is 79.9. The molecule has 0 radical (unpaired) electrons. The molecule has 0 saturated heterocycles. The Hall–Kier alpha value is -1.42. The van der Waals surface area contributed by atoms with E-state index in [4.69, 9.17) is 5.73 Å². The molecule has 15 heavy (non-hydrogen) atoms. The number of halogens is 1. The number of carbonyl (C=O) groups is 1. The Balaban J connectivity index is 2.47. The first-order chi connectivity index (χ1) is 7.15. The maximum atomic E-state index is 10.7. The fourth-order valence-corrected chi connectivity index (χ4v) is 1.79. The molecular weight excluding hydrogens is 256 g/mol. The highest BCUT2D eigenvalue weighted by Gasteiger charge is 2.01. The fourth-order valence-electron chi connectivity index (χ4n) is 1.42. The summed E-state index contributed by atoms with van der Waals surface area (Å²) in [6.45, 7) is 0. The molecule has 0 bridgehead atoms. The predicted molar refractivity (Wildman–Crippen MR) is 62.3 cm³/mol. The van der Waals surface area contributed by atoms with E-state index in [0.717, 1.165) is 15.4 Å². The van der Waals surface area contributed by atoms with Gasteiger partial charge in [-0.2, -0.15) is 0 Å². The number of carbonyl (C=O) groups excluding carboxylic acids is 1. The standard InChI is InChI=1S/C11H9BrN2O/c12-8-2-4-10-7(5-8)1-3-9(14-10)6-11(13)15/h1-5H,6H2,(H2,13,15). The topological polar surface area (TPSA) is 56.0 Å². The Morgan fingerprint density at radius 2 is 2.13 bits per heavy atom. The van der Waals surface area contributed by atoms with Gasteiger partial charge in [0.25, 0.3) is 0 Å². The van der Waals surface area contributed by atoms with Crippen LogP contribution in [0.15, 0.2) is 34.8 Å². The molecule has 3 nitrogen and oxygen atoms in total. The number of rotatable bonds is 2. The molecule has 0 saturated carbocycles. The summed E-state index contributed by atoms with van der Waals surface area (Å²) >= 11 is 3.39. The zero-order valence-electron chi connectivity index (χ0n) is 7.90. The van der Waals surface area contributed by atoms with Crippen LogP contribution in [0.2, 0.25) is 0 Å². The van der Waals surface area contributed by atoms with E-state index in [9.17, 15) is 4.79 Å². The van der Waals surface area contributed by atoms with Crippen LogP contribution in [0, 0.1) is 0 Å². The monoisotopic (exact) mass is 264 g/mol. The lowest BCUT2D eigenvalue weighted by molar-refractivity contribution is -0.117. The third-order valence-corrected chi connectivity index (χ3v) is 2.56. The lowest BCUT2D eigenvalue weighted by Gasteiger charge is -2.01. The van der Waals surface area contributed by atoms with Gasteiger partial charge in [-0.25, -0.2) is 0 Å². The van der Waals surface area contributed by atoms with Crippen LogP contribution in [0.4, 0.5) is 0 Å². The van der Waals surface area contributed by atoms with E-state index in [0.29, 0.717) is 5.69 Å². The summed E-state index contributed by atoms with van der Waals surface area (Å²) in [5.74, 6) is -0.362. The van der Waals surface area contributed by atoms with Gasteiger partial charge >= 0.3 is 0 Å². The summed E-state index contributed by atoms with van der Waals surface area (Å²) < 4.78 is 1.01. The summed E-state index contributed by atoms with van der Waals surface area (Å²) in [6, 6.07) is 9.56. The number of nitrogens with zero attached hydrogens (tertiary/aromatic N) is 1. The van der Waals surface area contributed by atoms with Gasteiger partial charge in [0.1, 0.15) is 0 Å². The van der Waals surface area contributed by atoms with E-state index in [-0.39, 0.29) is 12.3 Å². The average Bonchev–Trinajstić information content (AvgIpc) is 2.17. The Bertz CT molecular complexity index is 525. The van der Waals surface area contributed by atoms with Crippen LogP contribution in [0.25, 0.3) is 10.9 Å². The molecule has 0 atom stereocenters. The summed E-state index contributed by atoms with van der Waals surface area (Å²) in [6.07, 6.45) is 0.187. The van der Waals surface area contributed by atoms with E-state index in [1.807, 2.05) is 30.3 Å². The van der Waals surface area contributed by atoms with Crippen molar-refractivity contribution in [2.75, 3.05) is 0 Å². The molecule has 2 N–H and O–H groups in total. The number of primary amides is 1. The van der Waals surface area contributed by atoms with Crippen molar-refractivity contribution >= 4 is 32.7 Å². The summed E-state index contributed by atoms with van der Waals surface area (Å²) in [5, 5.41) is 1.04. The number of aromatic nitrogens is 1. The molecule has 0 unspecified atom stereocenters. The molecule has 2 rings (SSSR count). The quantitative estimate of drug-likeness (QED) is 0.903. The number of hydrogen-bond acceptors (Lipinski definition) is 2. The highest BCUT2D eigenvalue weighted by molar-refractivity contribution is 9.10. The van der Waals surface area contributed by atoms with Gasteiger partial charge < -0.3 is 5.73 Å². The molecule has 0 aliphatic carbocycles. The van der Waals surface area contributed by atoms with Gasteiger partial charge in [-0.15, -0.1) is 0 Å². The molecule has 2 aromatic rings. The first-order valence-corrected chi connectivity index (χ1v) is 5.28. The smallest absolute Gasteiger partial charge is 0.223 e. The SMILES string of the molecule is NC(=O)Cc1ccc2cc(Br)ccc2n1. The molecule has 1 aromatic carbocycles. The second-order valence-electron chi connectivity index (χ2n) is 3.28. The number of nitrogens with two attached hydrogens (primary N) is 1. The second-order valence-corrected chi connectivity index (χ2v) is 4.20. The molecule has 0 aliphatic rings. The molecule has 76 valence electrons. The Morgan fingerprint density at radius 3 is 2.87 bits per heavy atom. The van der Waals surface area contributed by atoms with Crippen molar-refractivity contribution in [1.82, 2.24) is 4.98 Å². The third kappa shape index (κ3) is 2.33. The zero-order chi connectivity index (χ0) is 10.8. The predicted octanol–water partition coefficient (Wildman–Crippen LogP) is 2.03. The van der Waals surface area contributed by atoms with Crippen LogP contribution in [-0.4, -0.2) is 10.9 Å². The molecule has 4 heteroatoms. The molecule has 1 heterocycles. The Morgan fingerprint density at radius 1 is 1.33 bits per heavy atom. The van der Waals surface area contributed by atoms with Crippen LogP contribution in [-0.2, 0) is 11.2 Å². The number of amides is 1. The van der Waals surface area contributed by atoms with Crippen molar-refractivity contribution in [3.63, 3.8) is 0 Å². The van der Waals surface area contributed by atoms with Crippen LogP contribution in [0.1, 0.15) is 5.69 Å². The number of benzene rings is 1. The molecular formula is C11H9BrN2O. The van der Waals surface area contributed by atoms with E-state index >= 15 is 0 Å². The van der Waals surface area contributed by atoms with Crippen molar-refractivity contribution in [1.29, 1.82) is 0 Å². The first-order valence-electron chi connectivity index (χ1n) is 4.48. The van der Waals surface area contributed by atoms with Crippen molar-refractivity contribution in [3.8, 4) is 0 Å². The van der Waals surface area contributed by atoms with Crippen molar-refractivity contribution < 1.29 is 4.79 Å². The van der Waals surface area contributed by atoms with Gasteiger partial charge in [-0.1, -0.05) is 22.0 Å². The minimum absolute atomic E-state index is 0.187. The molecule has 0 fully saturated rings. The van der Waals surface area contributed by atoms with Gasteiger partial charge in [-0.3, -0.25) is 9.78 Å². The van der Waals surface area contributed by atoms with Gasteiger partial charge in [0.15, 0.2) is 0 Å². The minimum atomic E-state index is -0.362. The second kappa shape index (κ2) is 3.98. The van der Waals surface area contributed by atoms with E-state index in [1.54, 1.807) is 0 Å². The summed E-state index contributed by atoms with van der Waals surface area (Å²) in [5.41, 5.74) is 6.68. The normalized spacial score (nSPS) is 10.5. The van der Waals surface area contributed by atoms with E-state index in [2.05, 4.69) is 20.9 Å². The minimum Gasteiger partial charge on any atom is -0.369 e. The zero-order valence-corrected chi connectivity index (χ0v) is 9.49. The van der Waals surface area contributed by atoms with Crippen LogP contribution < -0.4 is 5.73 Å². The lowest BCUT2D eigenvalue weighted by atomic mass is 10.2. The first kappa shape index (κ1) is 10.1. The lowest BCUT2D eigenvalue weighted by Crippen LogP contribution is -2.14. The molecule has 1 amide bonds. The summed E-state index contributed by atoms with van der Waals surface area (Å²) in [4.78, 5) is 15.1. The third-order valence-electron chi connectivity index (χ3n) is 2.06. The maximum absolute atomic E-state index is 10.7. The van der Waals surface area contributed by atoms with Gasteiger partial charge in [-0.05, 0) is 24.3 Å². The van der Waals surface area contributed by atoms with Crippen LogP contribution >= 0.6 is 15.9 Å². The fraction of sp³-hybridized carbons (Fsp3) is 0.0909. The highest BCUT2D eigenvalue weighted by Crippen LogP contribution is 2.18.